The number of benzene rings is 2. The summed E-state index contributed by atoms with van der Waals surface area (Å²) in [5, 5.41) is 6.75. The second kappa shape index (κ2) is 6.99. The van der Waals surface area contributed by atoms with Crippen LogP contribution in [-0.4, -0.2) is 30.2 Å². The highest BCUT2D eigenvalue weighted by Crippen LogP contribution is 2.62. The highest BCUT2D eigenvalue weighted by atomic mass is 32.4. The quantitative estimate of drug-likeness (QED) is 0.506. The van der Waals surface area contributed by atoms with Gasteiger partial charge in [-0.15, -0.1) is 0 Å². The maximum absolute atomic E-state index is 6.34. The SMILES string of the molecule is COP1(=S)/C(=C2/N(C)c3ccccc3C2(C)C)C=Nc2c1c(C)nn2-c1ccccc1. The molecule has 7 heteroatoms. The normalized spacial score (nSPS) is 23.7. The van der Waals surface area contributed by atoms with Gasteiger partial charge in [-0.25, -0.2) is 9.67 Å². The zero-order chi connectivity index (χ0) is 22.0. The van der Waals surface area contributed by atoms with Crippen LogP contribution in [0.5, 0.6) is 0 Å². The summed E-state index contributed by atoms with van der Waals surface area (Å²) < 4.78 is 8.07. The zero-order valence-electron chi connectivity index (χ0n) is 18.3. The molecule has 1 atom stereocenters. The van der Waals surface area contributed by atoms with Gasteiger partial charge in [0.1, 0.15) is 6.26 Å². The molecule has 31 heavy (non-hydrogen) atoms. The highest BCUT2D eigenvalue weighted by Gasteiger charge is 2.45. The van der Waals surface area contributed by atoms with E-state index in [-0.39, 0.29) is 5.41 Å². The van der Waals surface area contributed by atoms with Crippen molar-refractivity contribution in [1.29, 1.82) is 0 Å². The lowest BCUT2D eigenvalue weighted by atomic mass is 9.84. The number of allylic oxidation sites excluding steroid dienone is 2. The third-order valence-corrected chi connectivity index (χ3v) is 10.5. The molecular formula is C24H25N4OPS. The van der Waals surface area contributed by atoms with Crippen molar-refractivity contribution in [3.8, 4) is 5.69 Å². The van der Waals surface area contributed by atoms with E-state index in [1.165, 1.54) is 11.3 Å². The van der Waals surface area contributed by atoms with Crippen LogP contribution in [0.25, 0.3) is 5.69 Å². The summed E-state index contributed by atoms with van der Waals surface area (Å²) in [5.41, 5.74) is 5.26. The van der Waals surface area contributed by atoms with Gasteiger partial charge in [-0.3, -0.25) is 0 Å². The van der Waals surface area contributed by atoms with Gasteiger partial charge in [0.2, 0.25) is 0 Å². The Bertz CT molecular complexity index is 1310. The monoisotopic (exact) mass is 448 g/mol. The van der Waals surface area contributed by atoms with E-state index in [2.05, 4.69) is 50.1 Å². The predicted molar refractivity (Wildman–Crippen MR) is 132 cm³/mol. The summed E-state index contributed by atoms with van der Waals surface area (Å²) >= 11 is 6.34. The lowest BCUT2D eigenvalue weighted by Crippen LogP contribution is -2.28. The van der Waals surface area contributed by atoms with Crippen LogP contribution >= 0.6 is 6.26 Å². The second-order valence-electron chi connectivity index (χ2n) is 8.43. The number of nitrogens with zero attached hydrogens (tertiary/aromatic N) is 4. The number of likely N-dealkylation sites (N-methyl/N-ethyl adjacent to an activating group) is 1. The zero-order valence-corrected chi connectivity index (χ0v) is 20.0. The molecule has 1 unspecified atom stereocenters. The van der Waals surface area contributed by atoms with E-state index in [4.69, 9.17) is 26.4 Å². The number of aliphatic imine (C=N–C) groups is 1. The van der Waals surface area contributed by atoms with Crippen molar-refractivity contribution >= 4 is 41.1 Å². The molecule has 0 aliphatic carbocycles. The predicted octanol–water partition coefficient (Wildman–Crippen LogP) is 5.20. The molecule has 0 radical (unpaired) electrons. The molecule has 0 saturated heterocycles. The summed E-state index contributed by atoms with van der Waals surface area (Å²) in [6.45, 7) is 6.49. The smallest absolute Gasteiger partial charge is 0.166 e. The minimum absolute atomic E-state index is 0.212. The Morgan fingerprint density at radius 3 is 2.39 bits per heavy atom. The van der Waals surface area contributed by atoms with Crippen molar-refractivity contribution in [2.75, 3.05) is 19.1 Å². The first kappa shape index (κ1) is 20.4. The van der Waals surface area contributed by atoms with Gasteiger partial charge < -0.3 is 9.42 Å². The summed E-state index contributed by atoms with van der Waals surface area (Å²) in [7, 11) is 3.83. The maximum Gasteiger partial charge on any atom is 0.166 e. The standard InChI is InChI=1S/C24H25N4OPS/c1-16-21-23(28(26-16)17-11-7-6-8-12-17)25-15-20(30(21,31)29-5)22-24(2,3)18-13-9-10-14-19(18)27(22)4/h6-15H,1-5H3/b22-20+. The topological polar surface area (TPSA) is 42.6 Å². The molecule has 3 heterocycles. The molecular weight excluding hydrogens is 423 g/mol. The molecule has 2 aliphatic rings. The summed E-state index contributed by atoms with van der Waals surface area (Å²) in [6.07, 6.45) is -0.665. The van der Waals surface area contributed by atoms with Gasteiger partial charge in [0.05, 0.1) is 22.0 Å². The highest BCUT2D eigenvalue weighted by molar-refractivity contribution is 8.18. The lowest BCUT2D eigenvalue weighted by Gasteiger charge is -2.33. The van der Waals surface area contributed by atoms with E-state index in [1.807, 2.05) is 48.2 Å². The van der Waals surface area contributed by atoms with E-state index in [0.29, 0.717) is 0 Å². The van der Waals surface area contributed by atoms with Crippen LogP contribution in [0.3, 0.4) is 0 Å². The van der Waals surface area contributed by atoms with E-state index >= 15 is 0 Å². The van der Waals surface area contributed by atoms with Gasteiger partial charge in [-0.05, 0) is 30.7 Å². The number of anilines is 1. The fraction of sp³-hybridized carbons (Fsp3) is 0.250. The first-order valence-electron chi connectivity index (χ1n) is 10.2. The van der Waals surface area contributed by atoms with Crippen molar-refractivity contribution < 1.29 is 4.52 Å². The van der Waals surface area contributed by atoms with Crippen molar-refractivity contribution in [1.82, 2.24) is 9.78 Å². The van der Waals surface area contributed by atoms with Crippen molar-refractivity contribution in [3.05, 3.63) is 76.9 Å². The van der Waals surface area contributed by atoms with Crippen molar-refractivity contribution in [2.24, 2.45) is 4.99 Å². The van der Waals surface area contributed by atoms with Crippen LogP contribution in [0.15, 0.2) is 70.6 Å². The van der Waals surface area contributed by atoms with Gasteiger partial charge >= 0.3 is 0 Å². The van der Waals surface area contributed by atoms with Crippen LogP contribution in [0, 0.1) is 6.92 Å². The molecule has 5 nitrogen and oxygen atoms in total. The van der Waals surface area contributed by atoms with Crippen LogP contribution < -0.4 is 10.2 Å². The Kier molecular flexibility index (Phi) is 4.60. The Hall–Kier alpha value is -2.53. The minimum Gasteiger partial charge on any atom is -0.346 e. The molecule has 0 bridgehead atoms. The Morgan fingerprint density at radius 2 is 1.71 bits per heavy atom. The molecule has 2 aliphatic heterocycles. The average Bonchev–Trinajstić information content (AvgIpc) is 3.22. The largest absolute Gasteiger partial charge is 0.346 e. The van der Waals surface area contributed by atoms with Crippen molar-refractivity contribution in [3.63, 3.8) is 0 Å². The van der Waals surface area contributed by atoms with E-state index in [0.717, 1.165) is 33.5 Å². The maximum atomic E-state index is 6.34. The third kappa shape index (κ3) is 2.75. The minimum atomic E-state index is -2.59. The van der Waals surface area contributed by atoms with Gasteiger partial charge in [0.25, 0.3) is 0 Å². The number of hydrogen-bond donors (Lipinski definition) is 0. The van der Waals surface area contributed by atoms with Gasteiger partial charge in [-0.1, -0.05) is 62.1 Å². The summed E-state index contributed by atoms with van der Waals surface area (Å²) in [5.74, 6) is 0.772. The van der Waals surface area contributed by atoms with Gasteiger partial charge in [-0.2, -0.15) is 5.10 Å². The third-order valence-electron chi connectivity index (χ3n) is 6.29. The number of para-hydroxylation sites is 2. The Balaban J connectivity index is 1.78. The molecule has 0 fully saturated rings. The number of aromatic nitrogens is 2. The fourth-order valence-electron chi connectivity index (χ4n) is 4.88. The molecule has 5 rings (SSSR count). The first-order valence-corrected chi connectivity index (χ1v) is 13.0. The number of rotatable bonds is 2. The molecule has 0 spiro atoms. The molecule has 0 amide bonds. The van der Waals surface area contributed by atoms with E-state index in [1.54, 1.807) is 7.11 Å². The Labute approximate surface area is 188 Å². The summed E-state index contributed by atoms with van der Waals surface area (Å²) in [6, 6.07) is 18.6. The lowest BCUT2D eigenvalue weighted by molar-refractivity contribution is 0.470. The Morgan fingerprint density at radius 1 is 1.03 bits per heavy atom. The number of fused-ring (bicyclic) bond motifs is 2. The average molecular weight is 449 g/mol. The molecule has 2 aromatic carbocycles. The second-order valence-corrected chi connectivity index (χ2v) is 12.4. The molecule has 158 valence electrons. The molecule has 0 N–H and O–H groups in total. The van der Waals surface area contributed by atoms with Crippen LogP contribution in [0.1, 0.15) is 25.1 Å². The van der Waals surface area contributed by atoms with Crippen LogP contribution in [-0.2, 0) is 21.7 Å². The van der Waals surface area contributed by atoms with Gasteiger partial charge in [0, 0.05) is 37.2 Å². The van der Waals surface area contributed by atoms with Crippen molar-refractivity contribution in [2.45, 2.75) is 26.2 Å². The van der Waals surface area contributed by atoms with Gasteiger partial charge in [0.15, 0.2) is 5.82 Å². The fourth-order valence-corrected chi connectivity index (χ4v) is 8.35. The van der Waals surface area contributed by atoms with Crippen LogP contribution in [0.4, 0.5) is 11.5 Å². The first-order chi connectivity index (χ1) is 14.8. The molecule has 1 aromatic heterocycles. The van der Waals surface area contributed by atoms with Crippen LogP contribution in [0.2, 0.25) is 0 Å². The van der Waals surface area contributed by atoms with E-state index < -0.39 is 6.26 Å². The number of hydrogen-bond acceptors (Lipinski definition) is 5. The molecule has 3 aromatic rings. The molecule has 0 saturated carbocycles. The number of aryl methyl sites for hydroxylation is 1. The summed E-state index contributed by atoms with van der Waals surface area (Å²) in [4.78, 5) is 7.14. The van der Waals surface area contributed by atoms with E-state index in [9.17, 15) is 0 Å².